The molecule has 0 aliphatic rings. The Morgan fingerprint density at radius 3 is 2.86 bits per heavy atom. The highest BCUT2D eigenvalue weighted by Gasteiger charge is 2.23. The summed E-state index contributed by atoms with van der Waals surface area (Å²) in [5.74, 6) is -0.681. The second kappa shape index (κ2) is 5.18. The van der Waals surface area contributed by atoms with Gasteiger partial charge in [-0.2, -0.15) is 13.4 Å². The molecule has 0 aliphatic heterocycles. The average Bonchev–Trinajstić information content (AvgIpc) is 2.87. The number of anilines is 1. The molecule has 10 heteroatoms. The normalized spacial score (nSPS) is 11.8. The Balaban J connectivity index is 2.05. The topological polar surface area (TPSA) is 89.2 Å². The van der Waals surface area contributed by atoms with E-state index in [9.17, 15) is 12.8 Å². The van der Waals surface area contributed by atoms with Crippen molar-refractivity contribution < 1.29 is 12.8 Å². The lowest BCUT2D eigenvalue weighted by Crippen LogP contribution is -2.16. The highest BCUT2D eigenvalue weighted by atomic mass is 35.5. The molecule has 0 aliphatic carbocycles. The van der Waals surface area contributed by atoms with Gasteiger partial charge in [-0.15, -0.1) is 5.10 Å². The Morgan fingerprint density at radius 1 is 1.36 bits per heavy atom. The van der Waals surface area contributed by atoms with Gasteiger partial charge < -0.3 is 0 Å². The quantitative estimate of drug-likeness (QED) is 0.787. The molecule has 3 aromatic rings. The summed E-state index contributed by atoms with van der Waals surface area (Å²) in [7, 11) is -4.19. The Labute approximate surface area is 129 Å². The zero-order valence-corrected chi connectivity index (χ0v) is 12.7. The molecule has 0 radical (unpaired) electrons. The van der Waals surface area contributed by atoms with Crippen LogP contribution in [0, 0.1) is 12.7 Å². The molecule has 0 fully saturated rings. The molecular formula is C12H9ClFN5O2S. The zero-order chi connectivity index (χ0) is 15.9. The van der Waals surface area contributed by atoms with Crippen LogP contribution in [-0.4, -0.2) is 28.0 Å². The lowest BCUT2D eigenvalue weighted by atomic mass is 10.3. The van der Waals surface area contributed by atoms with Crippen LogP contribution in [-0.2, 0) is 10.0 Å². The number of hydrogen-bond acceptors (Lipinski definition) is 5. The minimum atomic E-state index is -4.19. The molecular weight excluding hydrogens is 333 g/mol. The summed E-state index contributed by atoms with van der Waals surface area (Å²) in [6.07, 6.45) is 3.10. The van der Waals surface area contributed by atoms with Crippen molar-refractivity contribution in [1.29, 1.82) is 0 Å². The molecule has 0 unspecified atom stereocenters. The standard InChI is InChI=1S/C12H9ClFN5O2S/c1-7-5-15-11-16-12(17-19(11)6-7)22(20,21)18-10-8(13)3-2-4-9(10)14/h2-6,18H,1H3. The molecule has 0 atom stereocenters. The molecule has 3 rings (SSSR count). The van der Waals surface area contributed by atoms with Crippen LogP contribution in [0.2, 0.25) is 5.02 Å². The van der Waals surface area contributed by atoms with Crippen molar-refractivity contribution in [2.24, 2.45) is 0 Å². The summed E-state index contributed by atoms with van der Waals surface area (Å²) in [6, 6.07) is 3.82. The predicted octanol–water partition coefficient (Wildman–Crippen LogP) is 2.03. The van der Waals surface area contributed by atoms with E-state index in [0.29, 0.717) is 0 Å². The van der Waals surface area contributed by atoms with E-state index in [1.54, 1.807) is 13.1 Å². The molecule has 7 nitrogen and oxygen atoms in total. The third kappa shape index (κ3) is 2.60. The summed E-state index contributed by atoms with van der Waals surface area (Å²) in [4.78, 5) is 7.76. The molecule has 1 N–H and O–H groups in total. The zero-order valence-electron chi connectivity index (χ0n) is 11.2. The van der Waals surface area contributed by atoms with E-state index in [0.717, 1.165) is 11.6 Å². The molecule has 22 heavy (non-hydrogen) atoms. The Morgan fingerprint density at radius 2 is 2.14 bits per heavy atom. The van der Waals surface area contributed by atoms with Gasteiger partial charge in [0.05, 0.1) is 5.02 Å². The van der Waals surface area contributed by atoms with Gasteiger partial charge in [-0.05, 0) is 24.6 Å². The monoisotopic (exact) mass is 341 g/mol. The maximum atomic E-state index is 13.7. The molecule has 0 spiro atoms. The lowest BCUT2D eigenvalue weighted by molar-refractivity contribution is 0.590. The number of aryl methyl sites for hydroxylation is 1. The first-order valence-corrected chi connectivity index (χ1v) is 7.89. The van der Waals surface area contributed by atoms with Gasteiger partial charge in [-0.1, -0.05) is 17.7 Å². The first-order valence-electron chi connectivity index (χ1n) is 6.03. The van der Waals surface area contributed by atoms with Crippen molar-refractivity contribution >= 4 is 33.1 Å². The number of nitrogens with zero attached hydrogens (tertiary/aromatic N) is 4. The number of halogens is 2. The number of rotatable bonds is 3. The highest BCUT2D eigenvalue weighted by Crippen LogP contribution is 2.26. The summed E-state index contributed by atoms with van der Waals surface area (Å²) < 4.78 is 41.5. The van der Waals surface area contributed by atoms with E-state index in [2.05, 4.69) is 15.1 Å². The molecule has 2 heterocycles. The number of sulfonamides is 1. The smallest absolute Gasteiger partial charge is 0.272 e. The van der Waals surface area contributed by atoms with Crippen molar-refractivity contribution in [2.45, 2.75) is 12.1 Å². The molecule has 1 aromatic carbocycles. The van der Waals surface area contributed by atoms with Gasteiger partial charge in [0.1, 0.15) is 11.5 Å². The first-order chi connectivity index (χ1) is 10.4. The second-order valence-corrected chi connectivity index (χ2v) is 6.46. The molecule has 0 saturated heterocycles. The molecule has 2 aromatic heterocycles. The summed E-state index contributed by atoms with van der Waals surface area (Å²) in [6.45, 7) is 1.78. The van der Waals surface area contributed by atoms with E-state index in [4.69, 9.17) is 11.6 Å². The predicted molar refractivity (Wildman–Crippen MR) is 77.7 cm³/mol. The fourth-order valence-corrected chi connectivity index (χ4v) is 2.98. The number of hydrogen-bond donors (Lipinski definition) is 1. The second-order valence-electron chi connectivity index (χ2n) is 4.47. The van der Waals surface area contributed by atoms with Crippen LogP contribution >= 0.6 is 11.6 Å². The Kier molecular flexibility index (Phi) is 3.45. The van der Waals surface area contributed by atoms with Crippen molar-refractivity contribution in [1.82, 2.24) is 19.6 Å². The number of nitrogens with one attached hydrogen (secondary N) is 1. The van der Waals surface area contributed by atoms with Crippen molar-refractivity contribution in [3.8, 4) is 0 Å². The van der Waals surface area contributed by atoms with Gasteiger partial charge in [0.25, 0.3) is 21.0 Å². The van der Waals surface area contributed by atoms with Crippen LogP contribution in [0.25, 0.3) is 5.78 Å². The largest absolute Gasteiger partial charge is 0.299 e. The Hall–Kier alpha value is -2.26. The van der Waals surface area contributed by atoms with Crippen molar-refractivity contribution in [2.75, 3.05) is 4.72 Å². The average molecular weight is 342 g/mol. The van der Waals surface area contributed by atoms with Crippen LogP contribution in [0.5, 0.6) is 0 Å². The van der Waals surface area contributed by atoms with Crippen LogP contribution in [0.4, 0.5) is 10.1 Å². The third-order valence-electron chi connectivity index (χ3n) is 2.74. The van der Waals surface area contributed by atoms with E-state index >= 15 is 0 Å². The molecule has 0 saturated carbocycles. The maximum Gasteiger partial charge on any atom is 0.299 e. The van der Waals surface area contributed by atoms with Crippen LogP contribution < -0.4 is 4.72 Å². The lowest BCUT2D eigenvalue weighted by Gasteiger charge is -2.07. The minimum Gasteiger partial charge on any atom is -0.272 e. The van der Waals surface area contributed by atoms with Gasteiger partial charge in [-0.25, -0.2) is 13.9 Å². The van der Waals surface area contributed by atoms with Crippen LogP contribution in [0.1, 0.15) is 5.56 Å². The number of fused-ring (bicyclic) bond motifs is 1. The Bertz CT molecular complexity index is 953. The SMILES string of the molecule is Cc1cnc2nc(S(=O)(=O)Nc3c(F)cccc3Cl)nn2c1. The number of aromatic nitrogens is 4. The first kappa shape index (κ1) is 14.7. The minimum absolute atomic E-state index is 0.0682. The van der Waals surface area contributed by atoms with E-state index in [1.165, 1.54) is 22.8 Å². The summed E-state index contributed by atoms with van der Waals surface area (Å²) >= 11 is 5.80. The molecule has 0 bridgehead atoms. The van der Waals surface area contributed by atoms with Crippen LogP contribution in [0.15, 0.2) is 35.7 Å². The van der Waals surface area contributed by atoms with Gasteiger partial charge >= 0.3 is 0 Å². The van der Waals surface area contributed by atoms with Crippen LogP contribution in [0.3, 0.4) is 0 Å². The van der Waals surface area contributed by atoms with Gasteiger partial charge in [0.2, 0.25) is 0 Å². The van der Waals surface area contributed by atoms with E-state index in [1.807, 2.05) is 4.72 Å². The van der Waals surface area contributed by atoms with Gasteiger partial charge in [0, 0.05) is 12.4 Å². The fourth-order valence-electron chi connectivity index (χ4n) is 1.75. The van der Waals surface area contributed by atoms with Crippen molar-refractivity contribution in [3.05, 3.63) is 47.0 Å². The summed E-state index contributed by atoms with van der Waals surface area (Å²) in [5, 5.41) is 3.24. The molecule has 0 amide bonds. The third-order valence-corrected chi connectivity index (χ3v) is 4.18. The number of para-hydroxylation sites is 1. The highest BCUT2D eigenvalue weighted by molar-refractivity contribution is 7.92. The van der Waals surface area contributed by atoms with E-state index < -0.39 is 21.0 Å². The van der Waals surface area contributed by atoms with Crippen molar-refractivity contribution in [3.63, 3.8) is 0 Å². The number of benzene rings is 1. The van der Waals surface area contributed by atoms with Gasteiger partial charge in [-0.3, -0.25) is 4.72 Å². The fraction of sp³-hybridized carbons (Fsp3) is 0.0833. The molecule has 114 valence electrons. The summed E-state index contributed by atoms with van der Waals surface area (Å²) in [5.41, 5.74) is 0.429. The maximum absolute atomic E-state index is 13.7. The van der Waals surface area contributed by atoms with E-state index in [-0.39, 0.29) is 16.5 Å². The van der Waals surface area contributed by atoms with Gasteiger partial charge in [0.15, 0.2) is 0 Å².